The molecule has 5 aromatic rings. The Hall–Kier alpha value is -4.91. The van der Waals surface area contributed by atoms with Crippen molar-refractivity contribution < 1.29 is 9.36 Å². The van der Waals surface area contributed by atoms with E-state index in [4.69, 9.17) is 5.73 Å². The Labute approximate surface area is 203 Å². The molecule has 0 unspecified atom stereocenters. The number of aromatic nitrogens is 2. The summed E-state index contributed by atoms with van der Waals surface area (Å²) < 4.78 is 1.97. The Morgan fingerprint density at radius 1 is 0.800 bits per heavy atom. The summed E-state index contributed by atoms with van der Waals surface area (Å²) in [5.74, 6) is -0.178. The van der Waals surface area contributed by atoms with Crippen molar-refractivity contribution in [2.24, 2.45) is 7.05 Å². The Morgan fingerprint density at radius 2 is 1.54 bits per heavy atom. The van der Waals surface area contributed by atoms with Crippen molar-refractivity contribution in [3.8, 4) is 0 Å². The summed E-state index contributed by atoms with van der Waals surface area (Å²) in [4.78, 5) is 17.2. The summed E-state index contributed by atoms with van der Waals surface area (Å²) in [6.45, 7) is 0. The molecular weight excluding hydrogens is 436 g/mol. The van der Waals surface area contributed by atoms with Crippen LogP contribution in [0.2, 0.25) is 0 Å². The predicted molar refractivity (Wildman–Crippen MR) is 141 cm³/mol. The van der Waals surface area contributed by atoms with E-state index in [1.54, 1.807) is 18.3 Å². The topological polar surface area (TPSA) is 96.0 Å². The SMILES string of the molecule is C[n+]1ccc(Nc2cccc(NC(=O)c3ccc(Nc4ccnc5ccc(N)cc45)cc3)c2)cc1. The van der Waals surface area contributed by atoms with Gasteiger partial charge in [0, 0.05) is 57.7 Å². The zero-order valence-electron chi connectivity index (χ0n) is 19.2. The first-order valence-corrected chi connectivity index (χ1v) is 11.2. The van der Waals surface area contributed by atoms with Crippen LogP contribution in [0.4, 0.5) is 34.1 Å². The molecule has 0 aliphatic rings. The van der Waals surface area contributed by atoms with E-state index in [0.29, 0.717) is 16.9 Å². The second-order valence-corrected chi connectivity index (χ2v) is 8.25. The van der Waals surface area contributed by atoms with Gasteiger partial charge in [0.15, 0.2) is 12.4 Å². The minimum Gasteiger partial charge on any atom is -0.399 e. The first-order chi connectivity index (χ1) is 17.0. The van der Waals surface area contributed by atoms with Crippen LogP contribution in [0.25, 0.3) is 10.9 Å². The van der Waals surface area contributed by atoms with Crippen molar-refractivity contribution in [1.82, 2.24) is 4.98 Å². The standard InChI is InChI=1S/C28H24N6O/c1-34-15-12-22(13-16-34)31-23-3-2-4-24(18-23)33-28(35)19-5-8-21(9-6-19)32-27-11-14-30-26-10-7-20(29)17-25(26)27/h2-18H,29H2,1H3,(H2,30,32,33,35)/p+1. The Balaban J connectivity index is 1.27. The van der Waals surface area contributed by atoms with Gasteiger partial charge in [-0.1, -0.05) is 6.07 Å². The number of fused-ring (bicyclic) bond motifs is 1. The number of rotatable bonds is 6. The summed E-state index contributed by atoms with van der Waals surface area (Å²) in [5, 5.41) is 10.6. The van der Waals surface area contributed by atoms with Gasteiger partial charge < -0.3 is 21.7 Å². The van der Waals surface area contributed by atoms with E-state index in [1.807, 2.05) is 96.8 Å². The normalized spacial score (nSPS) is 10.7. The highest BCUT2D eigenvalue weighted by atomic mass is 16.1. The lowest BCUT2D eigenvalue weighted by molar-refractivity contribution is -0.671. The van der Waals surface area contributed by atoms with Crippen LogP contribution >= 0.6 is 0 Å². The van der Waals surface area contributed by atoms with Crippen LogP contribution in [0.3, 0.4) is 0 Å². The van der Waals surface area contributed by atoms with Crippen LogP contribution in [0, 0.1) is 0 Å². The number of carbonyl (C=O) groups excluding carboxylic acids is 1. The monoisotopic (exact) mass is 461 g/mol. The molecular formula is C28H25N6O+. The molecule has 3 aromatic carbocycles. The molecule has 0 aliphatic heterocycles. The van der Waals surface area contributed by atoms with Gasteiger partial charge in [-0.05, 0) is 66.7 Å². The third-order valence-electron chi connectivity index (χ3n) is 5.58. The van der Waals surface area contributed by atoms with Crippen molar-refractivity contribution >= 4 is 50.9 Å². The Bertz CT molecular complexity index is 1500. The number of nitrogen functional groups attached to an aromatic ring is 1. The van der Waals surface area contributed by atoms with Crippen molar-refractivity contribution in [3.63, 3.8) is 0 Å². The first kappa shape index (κ1) is 21.9. The Kier molecular flexibility index (Phi) is 5.96. The van der Waals surface area contributed by atoms with E-state index in [0.717, 1.165) is 33.7 Å². The molecule has 0 bridgehead atoms. The van der Waals surface area contributed by atoms with Gasteiger partial charge in [0.05, 0.1) is 11.2 Å². The first-order valence-electron chi connectivity index (χ1n) is 11.2. The van der Waals surface area contributed by atoms with Gasteiger partial charge in [0.25, 0.3) is 5.91 Å². The molecule has 2 heterocycles. The summed E-state index contributed by atoms with van der Waals surface area (Å²) in [6.07, 6.45) is 5.70. The molecule has 172 valence electrons. The fourth-order valence-corrected chi connectivity index (χ4v) is 3.76. The number of aryl methyl sites for hydroxylation is 1. The number of hydrogen-bond donors (Lipinski definition) is 4. The highest BCUT2D eigenvalue weighted by Crippen LogP contribution is 2.27. The quantitative estimate of drug-likeness (QED) is 0.201. The van der Waals surface area contributed by atoms with E-state index in [1.165, 1.54) is 0 Å². The number of amides is 1. The smallest absolute Gasteiger partial charge is 0.255 e. The molecule has 0 atom stereocenters. The van der Waals surface area contributed by atoms with Gasteiger partial charge in [-0.3, -0.25) is 9.78 Å². The average molecular weight is 462 g/mol. The van der Waals surface area contributed by atoms with Gasteiger partial charge in [-0.15, -0.1) is 0 Å². The third kappa shape index (κ3) is 5.20. The molecule has 0 aliphatic carbocycles. The number of nitrogens with two attached hydrogens (primary N) is 1. The second kappa shape index (κ2) is 9.52. The third-order valence-corrected chi connectivity index (χ3v) is 5.58. The van der Waals surface area contributed by atoms with Crippen LogP contribution < -0.4 is 26.3 Å². The summed E-state index contributed by atoms with van der Waals surface area (Å²) >= 11 is 0. The molecule has 1 amide bonds. The highest BCUT2D eigenvalue weighted by Gasteiger charge is 2.08. The number of anilines is 6. The minimum absolute atomic E-state index is 0.178. The molecule has 35 heavy (non-hydrogen) atoms. The lowest BCUT2D eigenvalue weighted by Gasteiger charge is -2.11. The van der Waals surface area contributed by atoms with Crippen LogP contribution in [0.15, 0.2) is 104 Å². The number of benzene rings is 3. The maximum atomic E-state index is 12.8. The van der Waals surface area contributed by atoms with E-state index in [2.05, 4.69) is 20.9 Å². The highest BCUT2D eigenvalue weighted by molar-refractivity contribution is 6.04. The van der Waals surface area contributed by atoms with Crippen molar-refractivity contribution in [2.75, 3.05) is 21.7 Å². The number of nitrogens with one attached hydrogen (secondary N) is 3. The summed E-state index contributed by atoms with van der Waals surface area (Å²) in [6, 6.07) is 26.5. The number of pyridine rings is 2. The van der Waals surface area contributed by atoms with Gasteiger partial charge in [-0.25, -0.2) is 4.57 Å². The number of hydrogen-bond acceptors (Lipinski definition) is 5. The number of carbonyl (C=O) groups is 1. The van der Waals surface area contributed by atoms with Crippen molar-refractivity contribution in [1.29, 1.82) is 0 Å². The summed E-state index contributed by atoms with van der Waals surface area (Å²) in [7, 11) is 1.97. The Morgan fingerprint density at radius 3 is 2.34 bits per heavy atom. The zero-order valence-corrected chi connectivity index (χ0v) is 19.2. The van der Waals surface area contributed by atoms with Crippen LogP contribution in [0.1, 0.15) is 10.4 Å². The van der Waals surface area contributed by atoms with Crippen LogP contribution in [-0.2, 0) is 7.05 Å². The molecule has 7 heteroatoms. The van der Waals surface area contributed by atoms with Crippen molar-refractivity contribution in [2.45, 2.75) is 0 Å². The molecule has 0 radical (unpaired) electrons. The van der Waals surface area contributed by atoms with Gasteiger partial charge in [0.1, 0.15) is 7.05 Å². The predicted octanol–water partition coefficient (Wildman–Crippen LogP) is 5.38. The van der Waals surface area contributed by atoms with E-state index in [9.17, 15) is 4.79 Å². The molecule has 5 N–H and O–H groups in total. The molecule has 0 saturated heterocycles. The molecule has 2 aromatic heterocycles. The fraction of sp³-hybridized carbons (Fsp3) is 0.0357. The lowest BCUT2D eigenvalue weighted by atomic mass is 10.1. The zero-order chi connectivity index (χ0) is 24.2. The molecule has 5 rings (SSSR count). The average Bonchev–Trinajstić information content (AvgIpc) is 2.86. The van der Waals surface area contributed by atoms with Crippen LogP contribution in [-0.4, -0.2) is 10.9 Å². The van der Waals surface area contributed by atoms with Crippen LogP contribution in [0.5, 0.6) is 0 Å². The van der Waals surface area contributed by atoms with Crippen molar-refractivity contribution in [3.05, 3.63) is 109 Å². The van der Waals surface area contributed by atoms with Gasteiger partial charge in [0.2, 0.25) is 0 Å². The fourth-order valence-electron chi connectivity index (χ4n) is 3.76. The van der Waals surface area contributed by atoms with Gasteiger partial charge in [-0.2, -0.15) is 0 Å². The molecule has 0 fully saturated rings. The van der Waals surface area contributed by atoms with E-state index >= 15 is 0 Å². The maximum absolute atomic E-state index is 12.8. The maximum Gasteiger partial charge on any atom is 0.255 e. The molecule has 0 saturated carbocycles. The second-order valence-electron chi connectivity index (χ2n) is 8.25. The summed E-state index contributed by atoms with van der Waals surface area (Å²) in [5.41, 5.74) is 12.4. The number of nitrogens with zero attached hydrogens (tertiary/aromatic N) is 2. The molecule has 7 nitrogen and oxygen atoms in total. The minimum atomic E-state index is -0.178. The van der Waals surface area contributed by atoms with Gasteiger partial charge >= 0.3 is 0 Å². The molecule has 0 spiro atoms. The van der Waals surface area contributed by atoms with E-state index in [-0.39, 0.29) is 5.91 Å². The largest absolute Gasteiger partial charge is 0.399 e. The lowest BCUT2D eigenvalue weighted by Crippen LogP contribution is -2.25. The van der Waals surface area contributed by atoms with E-state index < -0.39 is 0 Å².